The molecule has 3 atom stereocenters. The summed E-state index contributed by atoms with van der Waals surface area (Å²) in [4.78, 5) is 0. The Morgan fingerprint density at radius 3 is 1.98 bits per heavy atom. The van der Waals surface area contributed by atoms with Crippen LogP contribution in [0.1, 0.15) is 18.4 Å². The third-order valence-corrected chi connectivity index (χ3v) is 13.1. The standard InChI is InChI=1S/C35H33N2Si.CH3.2ClH.Ti/c1-38(2,37-33-20-8-6-18-31(33)36-32-19-7-9-21-34(32)37)35-23-22-29-28(16-11-17-30(29)35)27-15-10-14-26(24-27)25-12-4-3-5-13-25;;;;/h3-21,24,29-30,35H,22-23H2,1-2H3;1H3;2*1H;/q2*-1;;;+2/p-2/t29-,30+,35?;;;;/m1..../s1. The summed E-state index contributed by atoms with van der Waals surface area (Å²) in [5, 5.41) is 5.02. The number of para-hydroxylation sites is 4. The molecule has 4 aromatic rings. The number of rotatable bonds is 4. The number of anilines is 2. The van der Waals surface area contributed by atoms with E-state index in [9.17, 15) is 0 Å². The average molecular weight is 644 g/mol. The third-order valence-electron chi connectivity index (χ3n) is 9.00. The molecule has 0 radical (unpaired) electrons. The number of nitrogens with zero attached hydrogens (tertiary/aromatic N) is 2. The molecule has 0 aromatic heterocycles. The Labute approximate surface area is 269 Å². The first-order valence-corrected chi connectivity index (χ1v) is 21.6. The summed E-state index contributed by atoms with van der Waals surface area (Å²) in [5.74, 6) is 1.14. The summed E-state index contributed by atoms with van der Waals surface area (Å²) in [7, 11) is 7.80. The van der Waals surface area contributed by atoms with Crippen molar-refractivity contribution < 1.29 is 17.0 Å². The quantitative estimate of drug-likeness (QED) is 0.160. The molecule has 1 saturated carbocycles. The van der Waals surface area contributed by atoms with E-state index in [1.165, 1.54) is 46.5 Å². The first-order valence-electron chi connectivity index (χ1n) is 14.2. The molecule has 6 heteroatoms. The molecule has 2 aliphatic carbocycles. The summed E-state index contributed by atoms with van der Waals surface area (Å²) >= 11 is -0.556. The van der Waals surface area contributed by atoms with E-state index in [2.05, 4.69) is 139 Å². The van der Waals surface area contributed by atoms with Gasteiger partial charge in [0.15, 0.2) is 8.24 Å². The van der Waals surface area contributed by atoms with Crippen LogP contribution in [0, 0.1) is 19.3 Å². The predicted molar refractivity (Wildman–Crippen MR) is 182 cm³/mol. The molecule has 3 aliphatic rings. The average Bonchev–Trinajstić information content (AvgIpc) is 3.46. The number of hydrogen-bond donors (Lipinski definition) is 0. The van der Waals surface area contributed by atoms with E-state index in [0.29, 0.717) is 17.4 Å². The maximum absolute atomic E-state index is 5.02. The Balaban J connectivity index is 0.000000847. The molecule has 1 aliphatic heterocycles. The van der Waals surface area contributed by atoms with Crippen LogP contribution in [-0.4, -0.2) is 8.24 Å². The molecule has 42 heavy (non-hydrogen) atoms. The van der Waals surface area contributed by atoms with Crippen molar-refractivity contribution in [3.05, 3.63) is 140 Å². The molecule has 1 unspecified atom stereocenters. The van der Waals surface area contributed by atoms with Crippen molar-refractivity contribution in [2.45, 2.75) is 31.5 Å². The van der Waals surface area contributed by atoms with Gasteiger partial charge in [0, 0.05) is 11.4 Å². The van der Waals surface area contributed by atoms with Crippen LogP contribution >= 0.6 is 18.6 Å². The van der Waals surface area contributed by atoms with Crippen LogP contribution in [0.25, 0.3) is 22.0 Å². The monoisotopic (exact) mass is 642 g/mol. The normalized spacial score (nSPS) is 20.0. The molecule has 214 valence electrons. The van der Waals surface area contributed by atoms with E-state index in [4.69, 9.17) is 23.9 Å². The van der Waals surface area contributed by atoms with Gasteiger partial charge in [0.2, 0.25) is 0 Å². The van der Waals surface area contributed by atoms with Crippen molar-refractivity contribution in [2.75, 3.05) is 4.57 Å². The summed E-state index contributed by atoms with van der Waals surface area (Å²) in [6.45, 7) is 5.17. The van der Waals surface area contributed by atoms with Crippen molar-refractivity contribution in [3.8, 4) is 11.1 Å². The van der Waals surface area contributed by atoms with Crippen LogP contribution in [0.3, 0.4) is 0 Å². The zero-order valence-corrected chi connectivity index (χ0v) is 28.4. The zero-order valence-electron chi connectivity index (χ0n) is 24.3. The van der Waals surface area contributed by atoms with Gasteiger partial charge in [0.1, 0.15) is 0 Å². The number of allylic oxidation sites excluding steroid dienone is 4. The Morgan fingerprint density at radius 1 is 0.738 bits per heavy atom. The molecule has 1 heterocycles. The Hall–Kier alpha value is -2.53. The van der Waals surface area contributed by atoms with Gasteiger partial charge in [-0.3, -0.25) is 0 Å². The van der Waals surface area contributed by atoms with Gasteiger partial charge >= 0.3 is 35.6 Å². The van der Waals surface area contributed by atoms with E-state index in [-0.39, 0.29) is 7.43 Å². The molecular formula is C36H36Cl2N2SiTi-2. The second-order valence-electron chi connectivity index (χ2n) is 11.5. The van der Waals surface area contributed by atoms with Gasteiger partial charge in [-0.25, -0.2) is 0 Å². The molecule has 0 saturated heterocycles. The number of benzene rings is 4. The van der Waals surface area contributed by atoms with E-state index >= 15 is 0 Å². The molecule has 7 rings (SSSR count). The molecule has 0 N–H and O–H groups in total. The van der Waals surface area contributed by atoms with Gasteiger partial charge in [0.05, 0.1) is 0 Å². The second kappa shape index (κ2) is 13.4. The van der Waals surface area contributed by atoms with Crippen molar-refractivity contribution in [2.24, 2.45) is 11.8 Å². The zero-order chi connectivity index (χ0) is 28.4. The molecule has 0 bridgehead atoms. The van der Waals surface area contributed by atoms with Crippen LogP contribution in [0.5, 0.6) is 0 Å². The summed E-state index contributed by atoms with van der Waals surface area (Å²) in [5.41, 5.74) is 10.9. The van der Waals surface area contributed by atoms with E-state index in [1.807, 2.05) is 0 Å². The van der Waals surface area contributed by atoms with E-state index < -0.39 is 25.3 Å². The summed E-state index contributed by atoms with van der Waals surface area (Å²) < 4.78 is 2.72. The number of halogens is 2. The fourth-order valence-electron chi connectivity index (χ4n) is 7.25. The van der Waals surface area contributed by atoms with Crippen molar-refractivity contribution in [1.82, 2.24) is 0 Å². The van der Waals surface area contributed by atoms with Crippen molar-refractivity contribution in [3.63, 3.8) is 0 Å². The van der Waals surface area contributed by atoms with Gasteiger partial charge in [0.25, 0.3) is 0 Å². The Kier molecular flexibility index (Phi) is 9.87. The molecule has 4 aromatic carbocycles. The van der Waals surface area contributed by atoms with Crippen LogP contribution < -0.4 is 4.57 Å². The fraction of sp³-hybridized carbons (Fsp3) is 0.194. The van der Waals surface area contributed by atoms with Gasteiger partial charge < -0.3 is 17.3 Å². The molecule has 1 fully saturated rings. The minimum atomic E-state index is -1.98. The fourth-order valence-corrected chi connectivity index (χ4v) is 11.4. The minimum absolute atomic E-state index is 0. The molecule has 0 amide bonds. The van der Waals surface area contributed by atoms with Crippen LogP contribution in [-0.2, 0) is 17.0 Å². The first-order chi connectivity index (χ1) is 20.0. The number of fused-ring (bicyclic) bond motifs is 3. The summed E-state index contributed by atoms with van der Waals surface area (Å²) in [6.07, 6.45) is 9.76. The van der Waals surface area contributed by atoms with Crippen LogP contribution in [0.4, 0.5) is 22.7 Å². The summed E-state index contributed by atoms with van der Waals surface area (Å²) in [6, 6.07) is 37.3. The Bertz CT molecular complexity index is 1540. The van der Waals surface area contributed by atoms with Gasteiger partial charge in [-0.1, -0.05) is 116 Å². The van der Waals surface area contributed by atoms with Crippen molar-refractivity contribution in [1.29, 1.82) is 0 Å². The molecule has 0 spiro atoms. The third kappa shape index (κ3) is 5.83. The van der Waals surface area contributed by atoms with Crippen molar-refractivity contribution >= 4 is 55.2 Å². The Morgan fingerprint density at radius 2 is 1.31 bits per heavy atom. The first kappa shape index (κ1) is 30.9. The van der Waals surface area contributed by atoms with E-state index in [1.54, 1.807) is 0 Å². The van der Waals surface area contributed by atoms with E-state index in [0.717, 1.165) is 11.4 Å². The number of hydrogen-bond acceptors (Lipinski definition) is 1. The van der Waals surface area contributed by atoms with Gasteiger partial charge in [-0.2, -0.15) is 0 Å². The predicted octanol–water partition coefficient (Wildman–Crippen LogP) is 12.2. The van der Waals surface area contributed by atoms with Gasteiger partial charge in [-0.15, -0.1) is 11.4 Å². The SMILES string of the molecule is C[Si](C)(C1CC[C@@H]2C(c3cccc(-c4ccccc4)c3)=CC=C[C@H]12)N1c2ccccc2[N-]c2ccccc21.[CH3-].[Cl][Ti][Cl]. The maximum atomic E-state index is 5.02. The topological polar surface area (TPSA) is 17.3 Å². The van der Waals surface area contributed by atoms with Crippen LogP contribution in [0.15, 0.2) is 121 Å². The van der Waals surface area contributed by atoms with Crippen LogP contribution in [0.2, 0.25) is 18.6 Å². The van der Waals surface area contributed by atoms with Gasteiger partial charge in [-0.05, 0) is 70.7 Å². The molecule has 2 nitrogen and oxygen atoms in total. The molecular weight excluding hydrogens is 607 g/mol. The second-order valence-corrected chi connectivity index (χ2v) is 18.5.